The quantitative estimate of drug-likeness (QED) is 0.308. The molecule has 0 saturated carbocycles. The van der Waals surface area contributed by atoms with Crippen LogP contribution in [0.25, 0.3) is 0 Å². The average Bonchev–Trinajstić information content (AvgIpc) is 2.90. The molecule has 4 rings (SSSR count). The van der Waals surface area contributed by atoms with Crippen LogP contribution in [0.5, 0.6) is 5.75 Å². The van der Waals surface area contributed by atoms with E-state index in [9.17, 15) is 14.0 Å². The van der Waals surface area contributed by atoms with Crippen molar-refractivity contribution in [1.29, 1.82) is 0 Å². The third-order valence-corrected chi connectivity index (χ3v) is 5.71. The van der Waals surface area contributed by atoms with E-state index < -0.39 is 0 Å². The van der Waals surface area contributed by atoms with Gasteiger partial charge in [0.2, 0.25) is 5.91 Å². The van der Waals surface area contributed by atoms with Gasteiger partial charge in [0.15, 0.2) is 0 Å². The Morgan fingerprint density at radius 3 is 2.27 bits per heavy atom. The summed E-state index contributed by atoms with van der Waals surface area (Å²) in [5, 5.41) is 2.71. The van der Waals surface area contributed by atoms with E-state index >= 15 is 0 Å². The van der Waals surface area contributed by atoms with Crippen LogP contribution in [0.15, 0.2) is 97.3 Å². The van der Waals surface area contributed by atoms with Crippen LogP contribution < -0.4 is 10.1 Å². The lowest BCUT2D eigenvalue weighted by atomic mass is 10.1. The number of carbonyl (C=O) groups is 2. The maximum Gasteiger partial charge on any atom is 0.254 e. The molecule has 0 aliphatic rings. The molecule has 0 unspecified atom stereocenters. The second-order valence-electron chi connectivity index (χ2n) is 8.65. The number of halogens is 1. The standard InChI is InChI=1S/C30H28FN3O3/c1-22(35)33-28-11-7-26(8-12-28)30(36)34(20-24-13-16-32-17-14-24)21-25-3-2-4-29(19-25)37-18-15-23-5-9-27(31)10-6-23/h2-14,16-17,19H,15,18,20-21H2,1H3,(H,33,35). The smallest absolute Gasteiger partial charge is 0.254 e. The van der Waals surface area contributed by atoms with Crippen molar-refractivity contribution in [3.63, 3.8) is 0 Å². The summed E-state index contributed by atoms with van der Waals surface area (Å²) in [6.07, 6.45) is 4.07. The Morgan fingerprint density at radius 2 is 1.57 bits per heavy atom. The highest BCUT2D eigenvalue weighted by Crippen LogP contribution is 2.20. The SMILES string of the molecule is CC(=O)Nc1ccc(C(=O)N(Cc2ccncc2)Cc2cccc(OCCc3ccc(F)cc3)c2)cc1. The fourth-order valence-corrected chi connectivity index (χ4v) is 3.88. The van der Waals surface area contributed by atoms with E-state index in [-0.39, 0.29) is 17.6 Å². The van der Waals surface area contributed by atoms with E-state index in [0.29, 0.717) is 43.1 Å². The molecule has 1 aromatic heterocycles. The van der Waals surface area contributed by atoms with Crippen molar-refractivity contribution >= 4 is 17.5 Å². The molecule has 0 spiro atoms. The van der Waals surface area contributed by atoms with Gasteiger partial charge >= 0.3 is 0 Å². The topological polar surface area (TPSA) is 71.5 Å². The molecule has 1 heterocycles. The summed E-state index contributed by atoms with van der Waals surface area (Å²) < 4.78 is 19.0. The van der Waals surface area contributed by atoms with Gasteiger partial charge in [-0.2, -0.15) is 0 Å². The van der Waals surface area contributed by atoms with E-state index in [0.717, 1.165) is 16.7 Å². The van der Waals surface area contributed by atoms with E-state index in [4.69, 9.17) is 4.74 Å². The highest BCUT2D eigenvalue weighted by Gasteiger charge is 2.17. The number of aromatic nitrogens is 1. The third kappa shape index (κ3) is 7.73. The molecule has 4 aromatic rings. The molecule has 0 radical (unpaired) electrons. The molecule has 37 heavy (non-hydrogen) atoms. The van der Waals surface area contributed by atoms with Crippen LogP contribution in [-0.4, -0.2) is 28.3 Å². The first-order valence-electron chi connectivity index (χ1n) is 12.0. The van der Waals surface area contributed by atoms with Gasteiger partial charge in [0.05, 0.1) is 6.61 Å². The molecule has 6 nitrogen and oxygen atoms in total. The molecular weight excluding hydrogens is 469 g/mol. The van der Waals surface area contributed by atoms with E-state index in [1.165, 1.54) is 19.1 Å². The van der Waals surface area contributed by atoms with E-state index in [1.807, 2.05) is 36.4 Å². The molecule has 2 amide bonds. The first kappa shape index (κ1) is 25.6. The third-order valence-electron chi connectivity index (χ3n) is 5.71. The number of nitrogens with zero attached hydrogens (tertiary/aromatic N) is 2. The maximum atomic E-state index is 13.5. The van der Waals surface area contributed by atoms with Crippen molar-refractivity contribution in [2.45, 2.75) is 26.4 Å². The lowest BCUT2D eigenvalue weighted by molar-refractivity contribution is -0.114. The van der Waals surface area contributed by atoms with Crippen molar-refractivity contribution < 1.29 is 18.7 Å². The first-order valence-corrected chi connectivity index (χ1v) is 12.0. The first-order chi connectivity index (χ1) is 18.0. The van der Waals surface area contributed by atoms with Gasteiger partial charge in [-0.25, -0.2) is 4.39 Å². The van der Waals surface area contributed by atoms with Crippen LogP contribution in [0.3, 0.4) is 0 Å². The summed E-state index contributed by atoms with van der Waals surface area (Å²) in [6.45, 7) is 2.68. The Morgan fingerprint density at radius 1 is 0.865 bits per heavy atom. The number of rotatable bonds is 10. The Labute approximate surface area is 215 Å². The minimum Gasteiger partial charge on any atom is -0.493 e. The van der Waals surface area contributed by atoms with Crippen molar-refractivity contribution in [3.05, 3.63) is 125 Å². The van der Waals surface area contributed by atoms with Crippen LogP contribution >= 0.6 is 0 Å². The number of benzene rings is 3. The summed E-state index contributed by atoms with van der Waals surface area (Å²) in [4.78, 5) is 30.6. The summed E-state index contributed by atoms with van der Waals surface area (Å²) in [5.41, 5.74) is 4.04. The van der Waals surface area contributed by atoms with Crippen LogP contribution in [-0.2, 0) is 24.3 Å². The Bertz CT molecular complexity index is 1330. The van der Waals surface area contributed by atoms with Crippen LogP contribution in [0, 0.1) is 5.82 Å². The van der Waals surface area contributed by atoms with Crippen molar-refractivity contribution in [3.8, 4) is 5.75 Å². The second-order valence-corrected chi connectivity index (χ2v) is 8.65. The minimum absolute atomic E-state index is 0.131. The average molecular weight is 498 g/mol. The monoisotopic (exact) mass is 497 g/mol. The lowest BCUT2D eigenvalue weighted by Gasteiger charge is -2.23. The number of pyridine rings is 1. The minimum atomic E-state index is -0.257. The molecular formula is C30H28FN3O3. The molecule has 0 atom stereocenters. The molecule has 0 bridgehead atoms. The molecule has 3 aromatic carbocycles. The van der Waals surface area contributed by atoms with E-state index in [2.05, 4.69) is 10.3 Å². The second kappa shape index (κ2) is 12.4. The number of anilines is 1. The normalized spacial score (nSPS) is 10.5. The molecule has 0 fully saturated rings. The molecule has 0 aliphatic carbocycles. The number of nitrogens with one attached hydrogen (secondary N) is 1. The van der Waals surface area contributed by atoms with Gasteiger partial charge in [-0.15, -0.1) is 0 Å². The number of hydrogen-bond donors (Lipinski definition) is 1. The molecule has 0 aliphatic heterocycles. The highest BCUT2D eigenvalue weighted by molar-refractivity contribution is 5.95. The molecule has 188 valence electrons. The van der Waals surface area contributed by atoms with Crippen LogP contribution in [0.2, 0.25) is 0 Å². The van der Waals surface area contributed by atoms with Crippen molar-refractivity contribution in [2.75, 3.05) is 11.9 Å². The largest absolute Gasteiger partial charge is 0.493 e. The summed E-state index contributed by atoms with van der Waals surface area (Å²) in [7, 11) is 0. The van der Waals surface area contributed by atoms with Crippen molar-refractivity contribution in [2.24, 2.45) is 0 Å². The predicted molar refractivity (Wildman–Crippen MR) is 141 cm³/mol. The molecule has 0 saturated heterocycles. The van der Waals surface area contributed by atoms with Gasteiger partial charge in [-0.05, 0) is 77.4 Å². The number of amides is 2. The zero-order valence-corrected chi connectivity index (χ0v) is 20.6. The lowest BCUT2D eigenvalue weighted by Crippen LogP contribution is -2.30. The number of carbonyl (C=O) groups excluding carboxylic acids is 2. The van der Waals surface area contributed by atoms with Gasteiger partial charge in [-0.1, -0.05) is 24.3 Å². The number of hydrogen-bond acceptors (Lipinski definition) is 4. The maximum absolute atomic E-state index is 13.5. The van der Waals surface area contributed by atoms with E-state index in [1.54, 1.807) is 53.7 Å². The molecule has 7 heteroatoms. The van der Waals surface area contributed by atoms with Gasteiger partial charge in [0.25, 0.3) is 5.91 Å². The zero-order valence-electron chi connectivity index (χ0n) is 20.6. The highest BCUT2D eigenvalue weighted by atomic mass is 19.1. The van der Waals surface area contributed by atoms with Crippen LogP contribution in [0.4, 0.5) is 10.1 Å². The van der Waals surface area contributed by atoms with Gasteiger partial charge in [0, 0.05) is 50.1 Å². The summed E-state index contributed by atoms with van der Waals surface area (Å²) in [6, 6.07) is 24.7. The zero-order chi connectivity index (χ0) is 26.0. The Balaban J connectivity index is 1.46. The fourth-order valence-electron chi connectivity index (χ4n) is 3.88. The van der Waals surface area contributed by atoms with Crippen molar-refractivity contribution in [1.82, 2.24) is 9.88 Å². The Kier molecular flexibility index (Phi) is 8.60. The number of ether oxygens (including phenoxy) is 1. The summed E-state index contributed by atoms with van der Waals surface area (Å²) >= 11 is 0. The van der Waals surface area contributed by atoms with Gasteiger partial charge in [-0.3, -0.25) is 14.6 Å². The summed E-state index contributed by atoms with van der Waals surface area (Å²) in [5.74, 6) is 0.148. The fraction of sp³-hybridized carbons (Fsp3) is 0.167. The van der Waals surface area contributed by atoms with Crippen LogP contribution in [0.1, 0.15) is 34.0 Å². The van der Waals surface area contributed by atoms with Gasteiger partial charge in [0.1, 0.15) is 11.6 Å². The Hall–Kier alpha value is -4.52. The molecule has 1 N–H and O–H groups in total. The predicted octanol–water partition coefficient (Wildman–Crippen LogP) is 5.64. The van der Waals surface area contributed by atoms with Gasteiger partial charge < -0.3 is 15.0 Å².